The maximum atomic E-state index is 9.48. The molecule has 2 aromatic rings. The van der Waals surface area contributed by atoms with E-state index in [9.17, 15) is 10.2 Å². The Morgan fingerprint density at radius 3 is 1.77 bits per heavy atom. The normalized spacial score (nSPS) is 10.3. The molecule has 170 valence electrons. The van der Waals surface area contributed by atoms with Crippen LogP contribution in [-0.2, 0) is 12.8 Å². The zero-order valence-corrected chi connectivity index (χ0v) is 21.2. The predicted molar refractivity (Wildman–Crippen MR) is 138 cm³/mol. The van der Waals surface area contributed by atoms with Gasteiger partial charge >= 0.3 is 0 Å². The van der Waals surface area contributed by atoms with Crippen LogP contribution < -0.4 is 10.6 Å². The van der Waals surface area contributed by atoms with E-state index in [0.29, 0.717) is 0 Å². The van der Waals surface area contributed by atoms with Crippen LogP contribution in [0, 0.1) is 0 Å². The number of rotatable bonds is 15. The molecule has 0 unspecified atom stereocenters. The molecule has 0 radical (unpaired) electrons. The van der Waals surface area contributed by atoms with Crippen molar-refractivity contribution in [3.63, 3.8) is 0 Å². The number of hydrogen-bond acceptors (Lipinski definition) is 4. The zero-order chi connectivity index (χ0) is 19.9. The van der Waals surface area contributed by atoms with E-state index in [1.54, 1.807) is 12.1 Å². The van der Waals surface area contributed by atoms with E-state index in [0.717, 1.165) is 38.2 Å². The number of aryl methyl sites for hydroxylation is 1. The second kappa shape index (κ2) is 18.7. The van der Waals surface area contributed by atoms with Crippen molar-refractivity contribution in [3.05, 3.63) is 59.7 Å². The van der Waals surface area contributed by atoms with Crippen molar-refractivity contribution in [3.8, 4) is 11.5 Å². The molecule has 2 aromatic carbocycles. The summed E-state index contributed by atoms with van der Waals surface area (Å²) in [6, 6.07) is 15.8. The summed E-state index contributed by atoms with van der Waals surface area (Å²) < 4.78 is 0. The Morgan fingerprint density at radius 2 is 1.13 bits per heavy atom. The Morgan fingerprint density at radius 1 is 0.533 bits per heavy atom. The van der Waals surface area contributed by atoms with E-state index in [2.05, 4.69) is 41.0 Å². The van der Waals surface area contributed by atoms with Gasteiger partial charge < -0.3 is 20.8 Å². The quantitative estimate of drug-likeness (QED) is 0.175. The zero-order valence-electron chi connectivity index (χ0n) is 17.8. The van der Waals surface area contributed by atoms with Crippen molar-refractivity contribution in [2.45, 2.75) is 51.4 Å². The molecule has 0 amide bonds. The summed E-state index contributed by atoms with van der Waals surface area (Å²) in [5.41, 5.74) is 2.48. The molecule has 0 heterocycles. The molecule has 0 saturated carbocycles. The first-order chi connectivity index (χ1) is 13.8. The minimum absolute atomic E-state index is 0. The van der Waals surface area contributed by atoms with Crippen LogP contribution in [0.3, 0.4) is 0 Å². The van der Waals surface area contributed by atoms with Gasteiger partial charge in [-0.25, -0.2) is 0 Å². The van der Waals surface area contributed by atoms with Crippen molar-refractivity contribution in [1.82, 2.24) is 10.6 Å². The summed E-state index contributed by atoms with van der Waals surface area (Å²) in [5, 5.41) is 25.8. The van der Waals surface area contributed by atoms with Gasteiger partial charge in [0.25, 0.3) is 0 Å². The van der Waals surface area contributed by atoms with Gasteiger partial charge in [-0.3, -0.25) is 0 Å². The van der Waals surface area contributed by atoms with Gasteiger partial charge in [-0.15, -0.1) is 34.0 Å². The highest BCUT2D eigenvalue weighted by Gasteiger charge is 2.00. The molecule has 4 nitrogen and oxygen atoms in total. The lowest BCUT2D eigenvalue weighted by Crippen LogP contribution is -2.19. The highest BCUT2D eigenvalue weighted by atomic mass is 79.9. The Labute approximate surface area is 203 Å². The van der Waals surface area contributed by atoms with Crippen LogP contribution in [-0.4, -0.2) is 36.4 Å². The second-order valence-electron chi connectivity index (χ2n) is 7.43. The molecule has 0 atom stereocenters. The van der Waals surface area contributed by atoms with Crippen LogP contribution >= 0.6 is 34.0 Å². The van der Waals surface area contributed by atoms with Crippen molar-refractivity contribution in [2.24, 2.45) is 0 Å². The number of hydrogen-bond donors (Lipinski definition) is 4. The molecule has 30 heavy (non-hydrogen) atoms. The smallest absolute Gasteiger partial charge is 0.157 e. The standard InChI is InChI=1S/C24H36N2O2.2BrH/c27-23-14-13-22(20-24(23)28)15-19-26-17-8-2-1-7-16-25-18-9-6-12-21-10-4-3-5-11-21;;/h3-5,10-11,13-14,20,25-28H,1-2,6-9,12,15-19H2;2*1H. The Bertz CT molecular complexity index is 657. The Balaban J connectivity index is 0.00000420. The minimum atomic E-state index is -0.0571. The van der Waals surface area contributed by atoms with E-state index in [1.807, 2.05) is 6.07 Å². The topological polar surface area (TPSA) is 64.5 Å². The third kappa shape index (κ3) is 13.3. The first-order valence-corrected chi connectivity index (χ1v) is 10.7. The molecule has 0 bridgehead atoms. The molecule has 4 N–H and O–H groups in total. The van der Waals surface area contributed by atoms with E-state index >= 15 is 0 Å². The van der Waals surface area contributed by atoms with Crippen molar-refractivity contribution in [1.29, 1.82) is 0 Å². The number of halogens is 2. The number of unbranched alkanes of at least 4 members (excludes halogenated alkanes) is 4. The van der Waals surface area contributed by atoms with Crippen molar-refractivity contribution < 1.29 is 10.2 Å². The fraction of sp³-hybridized carbons (Fsp3) is 0.500. The van der Waals surface area contributed by atoms with Gasteiger partial charge in [-0.2, -0.15) is 0 Å². The second-order valence-corrected chi connectivity index (χ2v) is 7.43. The first-order valence-electron chi connectivity index (χ1n) is 10.7. The van der Waals surface area contributed by atoms with Gasteiger partial charge in [-0.05, 0) is 88.0 Å². The van der Waals surface area contributed by atoms with Crippen molar-refractivity contribution in [2.75, 3.05) is 26.2 Å². The van der Waals surface area contributed by atoms with Crippen LogP contribution in [0.1, 0.15) is 49.7 Å². The number of aromatic hydroxyl groups is 2. The van der Waals surface area contributed by atoms with Gasteiger partial charge in [0, 0.05) is 0 Å². The molecular weight excluding hydrogens is 508 g/mol. The summed E-state index contributed by atoms with van der Waals surface area (Å²) in [7, 11) is 0. The Kier molecular flexibility index (Phi) is 18.0. The number of phenolic OH excluding ortho intramolecular Hbond substituents is 2. The molecule has 0 aliphatic carbocycles. The van der Waals surface area contributed by atoms with Crippen LogP contribution in [0.15, 0.2) is 48.5 Å². The van der Waals surface area contributed by atoms with Crippen LogP contribution in [0.2, 0.25) is 0 Å². The third-order valence-corrected chi connectivity index (χ3v) is 5.00. The number of benzene rings is 2. The molecule has 0 saturated heterocycles. The van der Waals surface area contributed by atoms with Gasteiger partial charge in [0.05, 0.1) is 0 Å². The van der Waals surface area contributed by atoms with Gasteiger partial charge in [0.15, 0.2) is 11.5 Å². The molecule has 6 heteroatoms. The number of nitrogens with one attached hydrogen (secondary N) is 2. The molecule has 2 rings (SSSR count). The summed E-state index contributed by atoms with van der Waals surface area (Å²) in [6.45, 7) is 4.19. The lowest BCUT2D eigenvalue weighted by atomic mass is 10.1. The predicted octanol–water partition coefficient (Wildman–Crippen LogP) is 5.56. The van der Waals surface area contributed by atoms with E-state index in [1.165, 1.54) is 50.5 Å². The fourth-order valence-electron chi connectivity index (χ4n) is 3.28. The summed E-state index contributed by atoms with van der Waals surface area (Å²) in [5.74, 6) is -0.0966. The maximum Gasteiger partial charge on any atom is 0.157 e. The summed E-state index contributed by atoms with van der Waals surface area (Å²) >= 11 is 0. The van der Waals surface area contributed by atoms with E-state index < -0.39 is 0 Å². The van der Waals surface area contributed by atoms with Crippen LogP contribution in [0.5, 0.6) is 11.5 Å². The molecule has 0 spiro atoms. The lowest BCUT2D eigenvalue weighted by Gasteiger charge is -2.07. The highest BCUT2D eigenvalue weighted by Crippen LogP contribution is 2.24. The minimum Gasteiger partial charge on any atom is -0.504 e. The lowest BCUT2D eigenvalue weighted by molar-refractivity contribution is 0.403. The fourth-order valence-corrected chi connectivity index (χ4v) is 3.28. The Hall–Kier alpha value is -1.08. The van der Waals surface area contributed by atoms with Crippen LogP contribution in [0.25, 0.3) is 0 Å². The van der Waals surface area contributed by atoms with Gasteiger partial charge in [0.1, 0.15) is 0 Å². The molecular formula is C24H38Br2N2O2. The highest BCUT2D eigenvalue weighted by molar-refractivity contribution is 8.93. The average molecular weight is 546 g/mol. The van der Waals surface area contributed by atoms with Crippen molar-refractivity contribution >= 4 is 34.0 Å². The SMILES string of the molecule is Br.Br.Oc1ccc(CCNCCCCCCNCCCCc2ccccc2)cc1O. The summed E-state index contributed by atoms with van der Waals surface area (Å²) in [6.07, 6.45) is 9.56. The van der Waals surface area contributed by atoms with Gasteiger partial charge in [-0.1, -0.05) is 49.2 Å². The van der Waals surface area contributed by atoms with E-state index in [-0.39, 0.29) is 45.5 Å². The van der Waals surface area contributed by atoms with E-state index in [4.69, 9.17) is 0 Å². The molecule has 0 aliphatic heterocycles. The average Bonchev–Trinajstić information content (AvgIpc) is 2.71. The van der Waals surface area contributed by atoms with Gasteiger partial charge in [0.2, 0.25) is 0 Å². The molecule has 0 aliphatic rings. The molecule has 0 fully saturated rings. The number of phenols is 2. The largest absolute Gasteiger partial charge is 0.504 e. The summed E-state index contributed by atoms with van der Waals surface area (Å²) in [4.78, 5) is 0. The monoisotopic (exact) mass is 544 g/mol. The molecule has 0 aromatic heterocycles. The maximum absolute atomic E-state index is 9.48. The first kappa shape index (κ1) is 28.9. The van der Waals surface area contributed by atoms with Crippen LogP contribution in [0.4, 0.5) is 0 Å². The third-order valence-electron chi connectivity index (χ3n) is 5.00.